The van der Waals surface area contributed by atoms with Gasteiger partial charge in [0.05, 0.1) is 14.2 Å². The van der Waals surface area contributed by atoms with Crippen LogP contribution in [0.1, 0.15) is 25.0 Å². The number of benzene rings is 2. The zero-order valence-corrected chi connectivity index (χ0v) is 16.5. The Morgan fingerprint density at radius 3 is 2.26 bits per heavy atom. The van der Waals surface area contributed by atoms with Gasteiger partial charge in [-0.1, -0.05) is 18.2 Å². The summed E-state index contributed by atoms with van der Waals surface area (Å²) in [4.78, 5) is 14.4. The molecule has 2 aromatic carbocycles. The normalized spacial score (nSPS) is 10.7. The van der Waals surface area contributed by atoms with Gasteiger partial charge in [0.25, 0.3) is 0 Å². The van der Waals surface area contributed by atoms with Crippen LogP contribution in [0.25, 0.3) is 6.08 Å². The van der Waals surface area contributed by atoms with Gasteiger partial charge in [0.15, 0.2) is 11.5 Å². The van der Waals surface area contributed by atoms with Gasteiger partial charge in [-0.05, 0) is 55.3 Å². The van der Waals surface area contributed by atoms with Gasteiger partial charge in [-0.3, -0.25) is 4.79 Å². The Kier molecular flexibility index (Phi) is 7.74. The number of ether oxygens (including phenoxy) is 2. The Morgan fingerprint density at radius 1 is 1.00 bits per heavy atom. The molecule has 0 fully saturated rings. The van der Waals surface area contributed by atoms with Gasteiger partial charge in [0.1, 0.15) is 0 Å². The topological polar surface area (TPSA) is 50.8 Å². The van der Waals surface area contributed by atoms with E-state index in [9.17, 15) is 4.79 Å². The first-order valence-corrected chi connectivity index (χ1v) is 9.13. The number of nitrogens with one attached hydrogen (secondary N) is 1. The monoisotopic (exact) mass is 368 g/mol. The fraction of sp³-hybridized carbons (Fsp3) is 0.318. The molecule has 0 unspecified atom stereocenters. The van der Waals surface area contributed by atoms with Crippen molar-refractivity contribution >= 4 is 17.7 Å². The maximum Gasteiger partial charge on any atom is 0.244 e. The molecular formula is C22H28N2O3. The highest BCUT2D eigenvalue weighted by Gasteiger charge is 2.04. The van der Waals surface area contributed by atoms with Crippen molar-refractivity contribution < 1.29 is 14.3 Å². The van der Waals surface area contributed by atoms with E-state index in [2.05, 4.69) is 36.2 Å². The van der Waals surface area contributed by atoms with Crippen molar-refractivity contribution in [1.82, 2.24) is 5.32 Å². The molecule has 0 bridgehead atoms. The Labute approximate surface area is 161 Å². The Morgan fingerprint density at radius 2 is 1.67 bits per heavy atom. The van der Waals surface area contributed by atoms with Crippen LogP contribution in [-0.4, -0.2) is 33.2 Å². The van der Waals surface area contributed by atoms with Gasteiger partial charge in [-0.15, -0.1) is 0 Å². The number of methoxy groups -OCH3 is 2. The van der Waals surface area contributed by atoms with Crippen LogP contribution in [0.5, 0.6) is 11.5 Å². The van der Waals surface area contributed by atoms with Crippen LogP contribution in [0, 0.1) is 0 Å². The van der Waals surface area contributed by atoms with Gasteiger partial charge >= 0.3 is 0 Å². The minimum absolute atomic E-state index is 0.141. The molecule has 0 saturated heterocycles. The molecule has 5 heteroatoms. The number of nitrogens with zero attached hydrogens (tertiary/aromatic N) is 1. The molecule has 1 N–H and O–H groups in total. The molecule has 144 valence electrons. The summed E-state index contributed by atoms with van der Waals surface area (Å²) in [6, 6.07) is 13.8. The lowest BCUT2D eigenvalue weighted by atomic mass is 10.1. The van der Waals surface area contributed by atoms with Crippen molar-refractivity contribution in [3.05, 3.63) is 59.7 Å². The summed E-state index contributed by atoms with van der Waals surface area (Å²) in [5.74, 6) is 1.15. The lowest BCUT2D eigenvalue weighted by molar-refractivity contribution is -0.116. The van der Waals surface area contributed by atoms with Gasteiger partial charge in [-0.2, -0.15) is 0 Å². The predicted octanol–water partition coefficient (Wildman–Crippen LogP) is 3.88. The van der Waals surface area contributed by atoms with E-state index < -0.39 is 0 Å². The lowest BCUT2D eigenvalue weighted by Gasteiger charge is -2.21. The summed E-state index contributed by atoms with van der Waals surface area (Å²) in [6.07, 6.45) is 3.27. The number of rotatable bonds is 9. The highest BCUT2D eigenvalue weighted by atomic mass is 16.5. The fourth-order valence-electron chi connectivity index (χ4n) is 2.79. The van der Waals surface area contributed by atoms with E-state index in [0.29, 0.717) is 18.0 Å². The van der Waals surface area contributed by atoms with E-state index in [1.165, 1.54) is 11.8 Å². The van der Waals surface area contributed by atoms with E-state index in [4.69, 9.17) is 9.47 Å². The molecule has 0 saturated carbocycles. The van der Waals surface area contributed by atoms with Gasteiger partial charge in [0.2, 0.25) is 5.91 Å². The smallest absolute Gasteiger partial charge is 0.244 e. The van der Waals surface area contributed by atoms with Crippen LogP contribution in [0.4, 0.5) is 5.69 Å². The number of carbonyl (C=O) groups is 1. The van der Waals surface area contributed by atoms with Gasteiger partial charge in [-0.25, -0.2) is 0 Å². The van der Waals surface area contributed by atoms with Crippen LogP contribution < -0.4 is 19.7 Å². The number of hydrogen-bond donors (Lipinski definition) is 1. The number of carbonyl (C=O) groups excluding carboxylic acids is 1. The second kappa shape index (κ2) is 10.3. The lowest BCUT2D eigenvalue weighted by Crippen LogP contribution is -2.22. The first kappa shape index (κ1) is 20.4. The molecule has 0 spiro atoms. The van der Waals surface area contributed by atoms with E-state index >= 15 is 0 Å². The van der Waals surface area contributed by atoms with E-state index in [1.807, 2.05) is 30.3 Å². The molecule has 2 aromatic rings. The molecule has 0 radical (unpaired) electrons. The SMILES string of the molecule is CCN(CC)c1ccc(CNC(=O)/C=C/c2ccc(OC)c(OC)c2)cc1. The number of amides is 1. The second-order valence-electron chi connectivity index (χ2n) is 6.00. The molecule has 0 aromatic heterocycles. The molecule has 0 atom stereocenters. The first-order chi connectivity index (χ1) is 13.1. The fourth-order valence-corrected chi connectivity index (χ4v) is 2.79. The van der Waals surface area contributed by atoms with Gasteiger partial charge in [0, 0.05) is 31.4 Å². The van der Waals surface area contributed by atoms with Crippen molar-refractivity contribution in [1.29, 1.82) is 0 Å². The van der Waals surface area contributed by atoms with Crippen LogP contribution in [-0.2, 0) is 11.3 Å². The van der Waals surface area contributed by atoms with E-state index in [-0.39, 0.29) is 5.91 Å². The van der Waals surface area contributed by atoms with Crippen molar-refractivity contribution in [2.24, 2.45) is 0 Å². The quantitative estimate of drug-likeness (QED) is 0.683. The Hall–Kier alpha value is -2.95. The number of hydrogen-bond acceptors (Lipinski definition) is 4. The Balaban J connectivity index is 1.91. The molecule has 1 amide bonds. The molecule has 0 aliphatic heterocycles. The molecule has 5 nitrogen and oxygen atoms in total. The van der Waals surface area contributed by atoms with Crippen LogP contribution in [0.15, 0.2) is 48.5 Å². The molecule has 0 aliphatic carbocycles. The molecule has 0 aliphatic rings. The third-order valence-corrected chi connectivity index (χ3v) is 4.37. The third-order valence-electron chi connectivity index (χ3n) is 4.37. The average molecular weight is 368 g/mol. The average Bonchev–Trinajstić information content (AvgIpc) is 2.72. The largest absolute Gasteiger partial charge is 0.493 e. The summed E-state index contributed by atoms with van der Waals surface area (Å²) in [5.41, 5.74) is 3.13. The van der Waals surface area contributed by atoms with Crippen LogP contribution >= 0.6 is 0 Å². The predicted molar refractivity (Wildman–Crippen MR) is 110 cm³/mol. The number of anilines is 1. The zero-order chi connectivity index (χ0) is 19.6. The highest BCUT2D eigenvalue weighted by Crippen LogP contribution is 2.27. The molecule has 2 rings (SSSR count). The third kappa shape index (κ3) is 5.78. The standard InChI is InChI=1S/C22H28N2O3/c1-5-24(6-2)19-11-7-18(8-12-19)16-23-22(25)14-10-17-9-13-20(26-3)21(15-17)27-4/h7-15H,5-6,16H2,1-4H3,(H,23,25)/b14-10+. The van der Waals surface area contributed by atoms with Gasteiger partial charge < -0.3 is 19.7 Å². The van der Waals surface area contributed by atoms with Crippen molar-refractivity contribution in [2.45, 2.75) is 20.4 Å². The minimum atomic E-state index is -0.141. The molecule has 0 heterocycles. The van der Waals surface area contributed by atoms with Crippen LogP contribution in [0.3, 0.4) is 0 Å². The second-order valence-corrected chi connectivity index (χ2v) is 6.00. The Bertz CT molecular complexity index is 766. The summed E-state index contributed by atoms with van der Waals surface area (Å²) in [7, 11) is 3.18. The zero-order valence-electron chi connectivity index (χ0n) is 16.5. The van der Waals surface area contributed by atoms with Crippen molar-refractivity contribution in [3.63, 3.8) is 0 Å². The molecule has 27 heavy (non-hydrogen) atoms. The summed E-state index contributed by atoms with van der Waals surface area (Å²) in [5, 5.41) is 2.90. The maximum atomic E-state index is 12.1. The molecular weight excluding hydrogens is 340 g/mol. The highest BCUT2D eigenvalue weighted by molar-refractivity contribution is 5.91. The van der Waals surface area contributed by atoms with E-state index in [1.54, 1.807) is 20.3 Å². The van der Waals surface area contributed by atoms with Crippen LogP contribution in [0.2, 0.25) is 0 Å². The van der Waals surface area contributed by atoms with Crippen molar-refractivity contribution in [3.8, 4) is 11.5 Å². The summed E-state index contributed by atoms with van der Waals surface area (Å²) in [6.45, 7) is 6.74. The first-order valence-electron chi connectivity index (χ1n) is 9.13. The minimum Gasteiger partial charge on any atom is -0.493 e. The summed E-state index contributed by atoms with van der Waals surface area (Å²) >= 11 is 0. The summed E-state index contributed by atoms with van der Waals surface area (Å²) < 4.78 is 10.5. The van der Waals surface area contributed by atoms with Crippen molar-refractivity contribution in [2.75, 3.05) is 32.2 Å². The van der Waals surface area contributed by atoms with E-state index in [0.717, 1.165) is 24.2 Å². The maximum absolute atomic E-state index is 12.1.